The van der Waals surface area contributed by atoms with E-state index in [0.29, 0.717) is 6.04 Å². The Balaban J connectivity index is 2.42. The van der Waals surface area contributed by atoms with E-state index in [4.69, 9.17) is 4.74 Å². The van der Waals surface area contributed by atoms with Crippen LogP contribution in [0.2, 0.25) is 0 Å². The molecule has 0 aromatic heterocycles. The number of morpholine rings is 1. The molecule has 0 amide bonds. The van der Waals surface area contributed by atoms with E-state index >= 15 is 0 Å². The van der Waals surface area contributed by atoms with Gasteiger partial charge in [-0.1, -0.05) is 19.9 Å². The Hall–Kier alpha value is -0.500. The highest BCUT2D eigenvalue weighted by atomic mass is 16.5. The molecule has 0 saturated carbocycles. The number of ether oxygens (including phenoxy) is 1. The molecule has 1 aliphatic rings. The minimum Gasteiger partial charge on any atom is -0.377 e. The first-order valence-corrected chi connectivity index (χ1v) is 4.78. The Labute approximate surface area is 75.2 Å². The van der Waals surface area contributed by atoms with E-state index in [1.165, 1.54) is 12.1 Å². The van der Waals surface area contributed by atoms with Crippen LogP contribution in [0.25, 0.3) is 0 Å². The molecule has 1 saturated heterocycles. The van der Waals surface area contributed by atoms with Gasteiger partial charge in [-0.15, -0.1) is 0 Å². The van der Waals surface area contributed by atoms with Gasteiger partial charge >= 0.3 is 0 Å². The van der Waals surface area contributed by atoms with Gasteiger partial charge in [-0.3, -0.25) is 0 Å². The molecule has 0 aliphatic carbocycles. The first-order valence-electron chi connectivity index (χ1n) is 4.78. The smallest absolute Gasteiger partial charge is 0.0668 e. The summed E-state index contributed by atoms with van der Waals surface area (Å²) in [5.41, 5.74) is 1.27. The monoisotopic (exact) mass is 169 g/mol. The number of allylic oxidation sites excluding steroid dienone is 1. The number of hydrogen-bond donors (Lipinski definition) is 0. The molecule has 0 bridgehead atoms. The summed E-state index contributed by atoms with van der Waals surface area (Å²) < 4.78 is 5.36. The van der Waals surface area contributed by atoms with Crippen LogP contribution < -0.4 is 0 Å². The van der Waals surface area contributed by atoms with Gasteiger partial charge in [-0.25, -0.2) is 0 Å². The highest BCUT2D eigenvalue weighted by molar-refractivity contribution is 4.96. The lowest BCUT2D eigenvalue weighted by Gasteiger charge is -2.36. The summed E-state index contributed by atoms with van der Waals surface area (Å²) in [5.74, 6) is 0. The predicted molar refractivity (Wildman–Crippen MR) is 51.0 cm³/mol. The molecule has 1 aliphatic heterocycles. The first-order chi connectivity index (χ1) is 5.75. The zero-order chi connectivity index (χ0) is 8.97. The summed E-state index contributed by atoms with van der Waals surface area (Å²) in [5, 5.41) is 0. The average molecular weight is 169 g/mol. The maximum absolute atomic E-state index is 5.36. The molecule has 1 heterocycles. The lowest BCUT2D eigenvalue weighted by Crippen LogP contribution is -2.42. The average Bonchev–Trinajstić information content (AvgIpc) is 2.05. The molecule has 1 unspecified atom stereocenters. The van der Waals surface area contributed by atoms with Crippen LogP contribution in [0.3, 0.4) is 0 Å². The Morgan fingerprint density at radius 2 is 2.42 bits per heavy atom. The molecule has 1 fully saturated rings. The van der Waals surface area contributed by atoms with Gasteiger partial charge in [0.2, 0.25) is 0 Å². The van der Waals surface area contributed by atoms with Crippen LogP contribution in [0.5, 0.6) is 0 Å². The molecule has 0 spiro atoms. The molecule has 1 atom stereocenters. The van der Waals surface area contributed by atoms with Crippen molar-refractivity contribution in [3.05, 3.63) is 12.3 Å². The van der Waals surface area contributed by atoms with Gasteiger partial charge in [0.15, 0.2) is 0 Å². The lowest BCUT2D eigenvalue weighted by atomic mass is 10.2. The molecular weight excluding hydrogens is 150 g/mol. The van der Waals surface area contributed by atoms with Gasteiger partial charge in [-0.2, -0.15) is 0 Å². The van der Waals surface area contributed by atoms with Crippen molar-refractivity contribution in [1.29, 1.82) is 0 Å². The van der Waals surface area contributed by atoms with Crippen molar-refractivity contribution in [3.8, 4) is 0 Å². The van der Waals surface area contributed by atoms with Crippen molar-refractivity contribution < 1.29 is 4.74 Å². The van der Waals surface area contributed by atoms with E-state index in [0.717, 1.165) is 26.2 Å². The second-order valence-electron chi connectivity index (χ2n) is 3.43. The molecule has 0 aromatic rings. The summed E-state index contributed by atoms with van der Waals surface area (Å²) in [6.07, 6.45) is 2.30. The van der Waals surface area contributed by atoms with Crippen molar-refractivity contribution in [1.82, 2.24) is 4.90 Å². The predicted octanol–water partition coefficient (Wildman–Crippen LogP) is 2.02. The number of rotatable bonds is 3. The second-order valence-corrected chi connectivity index (χ2v) is 3.43. The van der Waals surface area contributed by atoms with Gasteiger partial charge in [0.05, 0.1) is 13.2 Å². The fraction of sp³-hybridized carbons (Fsp3) is 0.800. The summed E-state index contributed by atoms with van der Waals surface area (Å²) in [4.78, 5) is 2.37. The Bertz CT molecular complexity index is 156. The Kier molecular flexibility index (Phi) is 3.60. The molecule has 70 valence electrons. The fourth-order valence-corrected chi connectivity index (χ4v) is 1.63. The molecule has 0 N–H and O–H groups in total. The van der Waals surface area contributed by atoms with E-state index in [1.54, 1.807) is 0 Å². The minimum absolute atomic E-state index is 0.512. The summed E-state index contributed by atoms with van der Waals surface area (Å²) in [6, 6.07) is 0.512. The van der Waals surface area contributed by atoms with Crippen molar-refractivity contribution in [2.24, 2.45) is 0 Å². The van der Waals surface area contributed by atoms with E-state index in [9.17, 15) is 0 Å². The molecule has 1 rings (SSSR count). The largest absolute Gasteiger partial charge is 0.377 e. The van der Waals surface area contributed by atoms with E-state index in [2.05, 4.69) is 25.3 Å². The normalized spacial score (nSPS) is 24.2. The standard InChI is InChI=1S/C10H19NO/c1-4-5-9(2)11-6-7-12-8-10(11)3/h10H,2,4-8H2,1,3H3. The SMILES string of the molecule is C=C(CCC)N1CCOCC1C. The molecule has 0 radical (unpaired) electrons. The van der Waals surface area contributed by atoms with Gasteiger partial charge < -0.3 is 9.64 Å². The zero-order valence-electron chi connectivity index (χ0n) is 8.18. The van der Waals surface area contributed by atoms with Crippen molar-refractivity contribution in [2.75, 3.05) is 19.8 Å². The summed E-state index contributed by atoms with van der Waals surface area (Å²) >= 11 is 0. The fourth-order valence-electron chi connectivity index (χ4n) is 1.63. The van der Waals surface area contributed by atoms with E-state index in [-0.39, 0.29) is 0 Å². The molecule has 12 heavy (non-hydrogen) atoms. The van der Waals surface area contributed by atoms with Crippen molar-refractivity contribution >= 4 is 0 Å². The zero-order valence-corrected chi connectivity index (χ0v) is 8.18. The molecular formula is C10H19NO. The van der Waals surface area contributed by atoms with Crippen LogP contribution in [-0.4, -0.2) is 30.7 Å². The quantitative estimate of drug-likeness (QED) is 0.641. The van der Waals surface area contributed by atoms with Crippen LogP contribution in [0.1, 0.15) is 26.7 Å². The Morgan fingerprint density at radius 1 is 1.67 bits per heavy atom. The van der Waals surface area contributed by atoms with Gasteiger partial charge in [-0.05, 0) is 13.3 Å². The Morgan fingerprint density at radius 3 is 3.00 bits per heavy atom. The van der Waals surface area contributed by atoms with Crippen LogP contribution in [0.15, 0.2) is 12.3 Å². The summed E-state index contributed by atoms with van der Waals surface area (Å²) in [6.45, 7) is 11.2. The van der Waals surface area contributed by atoms with Gasteiger partial charge in [0, 0.05) is 18.3 Å². The third-order valence-electron chi connectivity index (χ3n) is 2.31. The summed E-state index contributed by atoms with van der Waals surface area (Å²) in [7, 11) is 0. The maximum atomic E-state index is 5.36. The minimum atomic E-state index is 0.512. The van der Waals surface area contributed by atoms with Crippen LogP contribution in [0, 0.1) is 0 Å². The van der Waals surface area contributed by atoms with Gasteiger partial charge in [0.1, 0.15) is 0 Å². The molecule has 2 heteroatoms. The van der Waals surface area contributed by atoms with Crippen LogP contribution in [0.4, 0.5) is 0 Å². The molecule has 0 aromatic carbocycles. The van der Waals surface area contributed by atoms with Crippen LogP contribution in [-0.2, 0) is 4.74 Å². The highest BCUT2D eigenvalue weighted by Gasteiger charge is 2.18. The van der Waals surface area contributed by atoms with Crippen molar-refractivity contribution in [2.45, 2.75) is 32.7 Å². The van der Waals surface area contributed by atoms with Crippen LogP contribution >= 0.6 is 0 Å². The second kappa shape index (κ2) is 4.51. The third kappa shape index (κ3) is 2.24. The number of hydrogen-bond acceptors (Lipinski definition) is 2. The topological polar surface area (TPSA) is 12.5 Å². The van der Waals surface area contributed by atoms with Gasteiger partial charge in [0.25, 0.3) is 0 Å². The van der Waals surface area contributed by atoms with E-state index in [1.807, 2.05) is 0 Å². The number of nitrogens with zero attached hydrogens (tertiary/aromatic N) is 1. The molecule has 2 nitrogen and oxygen atoms in total. The first kappa shape index (κ1) is 9.59. The maximum Gasteiger partial charge on any atom is 0.0668 e. The third-order valence-corrected chi connectivity index (χ3v) is 2.31. The van der Waals surface area contributed by atoms with E-state index < -0.39 is 0 Å². The lowest BCUT2D eigenvalue weighted by molar-refractivity contribution is 0.0155. The van der Waals surface area contributed by atoms with Crippen molar-refractivity contribution in [3.63, 3.8) is 0 Å². The highest BCUT2D eigenvalue weighted by Crippen LogP contribution is 2.15.